The zero-order valence-electron chi connectivity index (χ0n) is 9.13. The van der Waals surface area contributed by atoms with Gasteiger partial charge in [0.05, 0.1) is 5.57 Å². The van der Waals surface area contributed by atoms with E-state index in [0.29, 0.717) is 12.0 Å². The summed E-state index contributed by atoms with van der Waals surface area (Å²) in [5.41, 5.74) is 8.12. The van der Waals surface area contributed by atoms with Crippen molar-refractivity contribution in [2.75, 3.05) is 7.05 Å². The first-order valence-corrected chi connectivity index (χ1v) is 5.06. The topological polar surface area (TPSA) is 55.4 Å². The third-order valence-electron chi connectivity index (χ3n) is 2.49. The fraction of sp³-hybridized carbons (Fsp3) is 0.636. The molecule has 1 aliphatic rings. The molecule has 0 bridgehead atoms. The van der Waals surface area contributed by atoms with Crippen molar-refractivity contribution in [1.29, 1.82) is 0 Å². The number of allylic oxidation sites excluding steroid dienone is 2. The van der Waals surface area contributed by atoms with Crippen molar-refractivity contribution < 1.29 is 4.79 Å². The van der Waals surface area contributed by atoms with Gasteiger partial charge in [0.15, 0.2) is 5.78 Å². The molecular formula is C11H18N2O. The standard InChI is InChI=1S/C11H18N2O/c1-7(2)11(13-3)10-8(12)5-4-6-9(10)14/h7H,4-6,12H2,1-3H3. The van der Waals surface area contributed by atoms with Gasteiger partial charge in [0.2, 0.25) is 0 Å². The molecule has 1 aliphatic carbocycles. The summed E-state index contributed by atoms with van der Waals surface area (Å²) in [6.07, 6.45) is 2.32. The molecule has 0 aliphatic heterocycles. The molecule has 0 aromatic rings. The molecule has 14 heavy (non-hydrogen) atoms. The molecule has 0 unspecified atom stereocenters. The van der Waals surface area contributed by atoms with Crippen LogP contribution in [0.5, 0.6) is 0 Å². The molecule has 1 rings (SSSR count). The number of nitrogens with zero attached hydrogens (tertiary/aromatic N) is 1. The summed E-state index contributed by atoms with van der Waals surface area (Å²) in [5, 5.41) is 0. The Morgan fingerprint density at radius 1 is 1.43 bits per heavy atom. The van der Waals surface area contributed by atoms with E-state index in [1.165, 1.54) is 0 Å². The third kappa shape index (κ3) is 2.03. The van der Waals surface area contributed by atoms with Crippen molar-refractivity contribution in [3.8, 4) is 0 Å². The molecule has 0 aromatic heterocycles. The molecule has 0 atom stereocenters. The smallest absolute Gasteiger partial charge is 0.166 e. The van der Waals surface area contributed by atoms with Crippen LogP contribution in [0.4, 0.5) is 0 Å². The van der Waals surface area contributed by atoms with Crippen molar-refractivity contribution in [3.63, 3.8) is 0 Å². The fourth-order valence-electron chi connectivity index (χ4n) is 1.83. The van der Waals surface area contributed by atoms with E-state index in [1.807, 2.05) is 13.8 Å². The summed E-state index contributed by atoms with van der Waals surface area (Å²) in [6, 6.07) is 0. The molecule has 0 spiro atoms. The lowest BCUT2D eigenvalue weighted by Gasteiger charge is -2.19. The molecule has 2 N–H and O–H groups in total. The lowest BCUT2D eigenvalue weighted by molar-refractivity contribution is -0.115. The number of hydrogen-bond acceptors (Lipinski definition) is 3. The van der Waals surface area contributed by atoms with Gasteiger partial charge in [-0.05, 0) is 18.8 Å². The Kier molecular flexibility index (Phi) is 3.44. The summed E-state index contributed by atoms with van der Waals surface area (Å²) in [7, 11) is 1.72. The first-order chi connectivity index (χ1) is 6.57. The van der Waals surface area contributed by atoms with Crippen molar-refractivity contribution in [2.24, 2.45) is 16.6 Å². The second-order valence-electron chi connectivity index (χ2n) is 3.94. The minimum atomic E-state index is 0.156. The first-order valence-electron chi connectivity index (χ1n) is 5.06. The Balaban J connectivity index is 3.10. The molecule has 0 fully saturated rings. The summed E-state index contributed by atoms with van der Waals surface area (Å²) >= 11 is 0. The van der Waals surface area contributed by atoms with E-state index in [0.717, 1.165) is 24.3 Å². The monoisotopic (exact) mass is 194 g/mol. The number of aliphatic imine (C=N–C) groups is 1. The van der Waals surface area contributed by atoms with Crippen molar-refractivity contribution in [2.45, 2.75) is 33.1 Å². The normalized spacial score (nSPS) is 19.4. The van der Waals surface area contributed by atoms with Crippen molar-refractivity contribution >= 4 is 11.5 Å². The van der Waals surface area contributed by atoms with Crippen molar-refractivity contribution in [1.82, 2.24) is 0 Å². The largest absolute Gasteiger partial charge is 0.401 e. The quantitative estimate of drug-likeness (QED) is 0.680. The Bertz CT molecular complexity index is 300. The zero-order chi connectivity index (χ0) is 10.7. The average molecular weight is 194 g/mol. The van der Waals surface area contributed by atoms with E-state index >= 15 is 0 Å². The van der Waals surface area contributed by atoms with Gasteiger partial charge in [-0.15, -0.1) is 0 Å². The number of rotatable bonds is 2. The van der Waals surface area contributed by atoms with E-state index in [9.17, 15) is 4.79 Å². The van der Waals surface area contributed by atoms with Gasteiger partial charge in [0.25, 0.3) is 0 Å². The predicted molar refractivity (Wildman–Crippen MR) is 58.3 cm³/mol. The van der Waals surface area contributed by atoms with Gasteiger partial charge in [-0.3, -0.25) is 9.79 Å². The van der Waals surface area contributed by atoms with Crippen molar-refractivity contribution in [3.05, 3.63) is 11.3 Å². The van der Waals surface area contributed by atoms with E-state index in [4.69, 9.17) is 5.73 Å². The minimum absolute atomic E-state index is 0.156. The molecular weight excluding hydrogens is 176 g/mol. The number of carbonyl (C=O) groups is 1. The number of hydrogen-bond donors (Lipinski definition) is 1. The second-order valence-corrected chi connectivity index (χ2v) is 3.94. The summed E-state index contributed by atoms with van der Waals surface area (Å²) in [6.45, 7) is 4.06. The van der Waals surface area contributed by atoms with Gasteiger partial charge in [-0.25, -0.2) is 0 Å². The molecule has 3 nitrogen and oxygen atoms in total. The van der Waals surface area contributed by atoms with Gasteiger partial charge >= 0.3 is 0 Å². The lowest BCUT2D eigenvalue weighted by atomic mass is 9.87. The Morgan fingerprint density at radius 2 is 2.07 bits per heavy atom. The Hall–Kier alpha value is -1.12. The van der Waals surface area contributed by atoms with Crippen LogP contribution in [0.3, 0.4) is 0 Å². The highest BCUT2D eigenvalue weighted by Crippen LogP contribution is 2.22. The first kappa shape index (κ1) is 11.0. The SMILES string of the molecule is CN=C(C1=C(N)CCCC1=O)C(C)C. The van der Waals surface area contributed by atoms with Crippen LogP contribution in [-0.4, -0.2) is 18.5 Å². The van der Waals surface area contributed by atoms with E-state index in [2.05, 4.69) is 4.99 Å². The van der Waals surface area contributed by atoms with Crippen LogP contribution in [-0.2, 0) is 4.79 Å². The van der Waals surface area contributed by atoms with Crippen LogP contribution in [0.15, 0.2) is 16.3 Å². The molecule has 0 radical (unpaired) electrons. The van der Waals surface area contributed by atoms with Crippen LogP contribution in [0.2, 0.25) is 0 Å². The van der Waals surface area contributed by atoms with E-state index < -0.39 is 0 Å². The third-order valence-corrected chi connectivity index (χ3v) is 2.49. The van der Waals surface area contributed by atoms with Gasteiger partial charge < -0.3 is 5.73 Å². The Labute approximate surface area is 85.1 Å². The zero-order valence-corrected chi connectivity index (χ0v) is 9.13. The molecule has 0 amide bonds. The fourth-order valence-corrected chi connectivity index (χ4v) is 1.83. The van der Waals surface area contributed by atoms with Crippen LogP contribution in [0.1, 0.15) is 33.1 Å². The van der Waals surface area contributed by atoms with Gasteiger partial charge in [-0.2, -0.15) is 0 Å². The Morgan fingerprint density at radius 3 is 2.50 bits per heavy atom. The second kappa shape index (κ2) is 4.40. The highest BCUT2D eigenvalue weighted by atomic mass is 16.1. The molecule has 78 valence electrons. The summed E-state index contributed by atoms with van der Waals surface area (Å²) < 4.78 is 0. The maximum absolute atomic E-state index is 11.7. The maximum Gasteiger partial charge on any atom is 0.166 e. The van der Waals surface area contributed by atoms with E-state index in [-0.39, 0.29) is 11.7 Å². The summed E-state index contributed by atoms with van der Waals surface area (Å²) in [4.78, 5) is 15.9. The number of ketones is 1. The predicted octanol–water partition coefficient (Wildman–Crippen LogP) is 1.68. The van der Waals surface area contributed by atoms with Gasteiger partial charge in [0, 0.05) is 24.9 Å². The van der Waals surface area contributed by atoms with Crippen LogP contribution in [0, 0.1) is 5.92 Å². The van der Waals surface area contributed by atoms with E-state index in [1.54, 1.807) is 7.05 Å². The van der Waals surface area contributed by atoms with Gasteiger partial charge in [-0.1, -0.05) is 13.8 Å². The van der Waals surface area contributed by atoms with Crippen LogP contribution >= 0.6 is 0 Å². The lowest BCUT2D eigenvalue weighted by Crippen LogP contribution is -2.25. The highest BCUT2D eigenvalue weighted by Gasteiger charge is 2.24. The minimum Gasteiger partial charge on any atom is -0.401 e. The number of nitrogens with two attached hydrogens (primary N) is 1. The highest BCUT2D eigenvalue weighted by molar-refractivity contribution is 6.23. The summed E-state index contributed by atoms with van der Waals surface area (Å²) in [5.74, 6) is 0.415. The molecule has 0 heterocycles. The maximum atomic E-state index is 11.7. The number of Topliss-reactive ketones (excluding diaryl/α,β-unsaturated/α-hetero) is 1. The molecule has 0 saturated carbocycles. The van der Waals surface area contributed by atoms with Crippen LogP contribution in [0.25, 0.3) is 0 Å². The average Bonchev–Trinajstić information content (AvgIpc) is 2.10. The molecule has 0 aromatic carbocycles. The van der Waals surface area contributed by atoms with Gasteiger partial charge in [0.1, 0.15) is 0 Å². The molecule has 3 heteroatoms. The van der Waals surface area contributed by atoms with Crippen LogP contribution < -0.4 is 5.73 Å². The number of carbonyl (C=O) groups excluding carboxylic acids is 1. The molecule has 0 saturated heterocycles.